The minimum Gasteiger partial charge on any atom is -0.268 e. The van der Waals surface area contributed by atoms with Crippen molar-refractivity contribution in [2.24, 2.45) is 0 Å². The molecule has 4 aromatic rings. The lowest BCUT2D eigenvalue weighted by molar-refractivity contribution is 0.0961. The van der Waals surface area contributed by atoms with Crippen molar-refractivity contribution < 1.29 is 4.79 Å². The lowest BCUT2D eigenvalue weighted by Gasteiger charge is -2.10. The molecular formula is C23H18N2O. The van der Waals surface area contributed by atoms with Gasteiger partial charge in [-0.25, -0.2) is 4.98 Å². The maximum atomic E-state index is 13.2. The van der Waals surface area contributed by atoms with Gasteiger partial charge in [0.15, 0.2) is 0 Å². The second-order valence-electron chi connectivity index (χ2n) is 6.22. The molecule has 126 valence electrons. The Morgan fingerprint density at radius 3 is 2.12 bits per heavy atom. The lowest BCUT2D eigenvalue weighted by atomic mass is 10.0. The Labute approximate surface area is 152 Å². The Kier molecular flexibility index (Phi) is 4.20. The van der Waals surface area contributed by atoms with Crippen LogP contribution in [0.1, 0.15) is 15.9 Å². The van der Waals surface area contributed by atoms with Crippen molar-refractivity contribution in [1.29, 1.82) is 0 Å². The summed E-state index contributed by atoms with van der Waals surface area (Å²) in [6.07, 6.45) is 1.62. The molecule has 0 unspecified atom stereocenters. The van der Waals surface area contributed by atoms with Gasteiger partial charge in [0.25, 0.3) is 5.91 Å². The normalized spacial score (nSPS) is 10.7. The van der Waals surface area contributed by atoms with Crippen molar-refractivity contribution in [3.63, 3.8) is 0 Å². The number of rotatable bonds is 3. The fourth-order valence-electron chi connectivity index (χ4n) is 3.10. The molecule has 4 rings (SSSR count). The number of hydrogen-bond donors (Lipinski definition) is 0. The topological polar surface area (TPSA) is 34.9 Å². The molecule has 0 fully saturated rings. The minimum absolute atomic E-state index is 0.0813. The SMILES string of the molecule is Cc1cccc(C(=O)n2cnc(-c3ccccc3)c2-c2ccccc2)c1. The molecule has 0 bridgehead atoms. The first-order valence-corrected chi connectivity index (χ1v) is 8.53. The van der Waals surface area contributed by atoms with E-state index in [1.54, 1.807) is 10.9 Å². The monoisotopic (exact) mass is 338 g/mol. The van der Waals surface area contributed by atoms with Gasteiger partial charge in [-0.05, 0) is 19.1 Å². The summed E-state index contributed by atoms with van der Waals surface area (Å²) >= 11 is 0. The predicted octanol–water partition coefficient (Wildman–Crippen LogP) is 5.21. The van der Waals surface area contributed by atoms with Gasteiger partial charge in [0.1, 0.15) is 6.33 Å². The molecule has 0 spiro atoms. The maximum Gasteiger partial charge on any atom is 0.263 e. The van der Waals surface area contributed by atoms with Gasteiger partial charge in [-0.2, -0.15) is 0 Å². The smallest absolute Gasteiger partial charge is 0.263 e. The number of carbonyl (C=O) groups excluding carboxylic acids is 1. The molecule has 0 atom stereocenters. The maximum absolute atomic E-state index is 13.2. The lowest BCUT2D eigenvalue weighted by Crippen LogP contribution is -2.12. The molecule has 0 saturated carbocycles. The zero-order valence-corrected chi connectivity index (χ0v) is 14.5. The summed E-state index contributed by atoms with van der Waals surface area (Å²) in [7, 11) is 0. The predicted molar refractivity (Wildman–Crippen MR) is 104 cm³/mol. The van der Waals surface area contributed by atoms with Crippen molar-refractivity contribution in [1.82, 2.24) is 9.55 Å². The van der Waals surface area contributed by atoms with E-state index in [2.05, 4.69) is 4.98 Å². The first kappa shape index (κ1) is 16.0. The zero-order valence-electron chi connectivity index (χ0n) is 14.5. The second-order valence-corrected chi connectivity index (χ2v) is 6.22. The number of carbonyl (C=O) groups is 1. The van der Waals surface area contributed by atoms with E-state index in [1.165, 1.54) is 0 Å². The fourth-order valence-corrected chi connectivity index (χ4v) is 3.10. The van der Waals surface area contributed by atoms with Crippen molar-refractivity contribution >= 4 is 5.91 Å². The van der Waals surface area contributed by atoms with Crippen LogP contribution in [0.3, 0.4) is 0 Å². The van der Waals surface area contributed by atoms with Crippen LogP contribution >= 0.6 is 0 Å². The van der Waals surface area contributed by atoms with Crippen LogP contribution in [0.15, 0.2) is 91.3 Å². The van der Waals surface area contributed by atoms with Crippen molar-refractivity contribution in [2.45, 2.75) is 6.92 Å². The Morgan fingerprint density at radius 2 is 1.46 bits per heavy atom. The van der Waals surface area contributed by atoms with Crippen molar-refractivity contribution in [3.8, 4) is 22.5 Å². The number of imidazole rings is 1. The highest BCUT2D eigenvalue weighted by molar-refractivity contribution is 6.00. The fraction of sp³-hybridized carbons (Fsp3) is 0.0435. The van der Waals surface area contributed by atoms with Gasteiger partial charge in [0.05, 0.1) is 11.4 Å². The molecule has 1 heterocycles. The molecule has 0 radical (unpaired) electrons. The summed E-state index contributed by atoms with van der Waals surface area (Å²) in [6.45, 7) is 1.98. The van der Waals surface area contributed by atoms with Gasteiger partial charge in [-0.1, -0.05) is 78.4 Å². The Morgan fingerprint density at radius 1 is 0.808 bits per heavy atom. The largest absolute Gasteiger partial charge is 0.268 e. The van der Waals surface area contributed by atoms with E-state index in [0.29, 0.717) is 5.56 Å². The molecule has 0 saturated heterocycles. The molecule has 0 aliphatic carbocycles. The number of aryl methyl sites for hydroxylation is 1. The van der Waals surface area contributed by atoms with Crippen LogP contribution < -0.4 is 0 Å². The average molecular weight is 338 g/mol. The van der Waals surface area contributed by atoms with Crippen molar-refractivity contribution in [2.75, 3.05) is 0 Å². The summed E-state index contributed by atoms with van der Waals surface area (Å²) in [5.41, 5.74) is 5.27. The quantitative estimate of drug-likeness (QED) is 0.514. The van der Waals surface area contributed by atoms with Gasteiger partial charge in [0, 0.05) is 16.7 Å². The average Bonchev–Trinajstić information content (AvgIpc) is 3.14. The highest BCUT2D eigenvalue weighted by atomic mass is 16.2. The van der Waals surface area contributed by atoms with E-state index in [1.807, 2.05) is 91.9 Å². The van der Waals surface area contributed by atoms with E-state index in [9.17, 15) is 4.79 Å². The summed E-state index contributed by atoms with van der Waals surface area (Å²) in [5.74, 6) is -0.0813. The van der Waals surface area contributed by atoms with Gasteiger partial charge < -0.3 is 0 Å². The van der Waals surface area contributed by atoms with Crippen LogP contribution in [0.2, 0.25) is 0 Å². The Bertz CT molecular complexity index is 1050. The Hall–Kier alpha value is -3.46. The molecule has 1 aromatic heterocycles. The van der Waals surface area contributed by atoms with Crippen LogP contribution in [0.4, 0.5) is 0 Å². The summed E-state index contributed by atoms with van der Waals surface area (Å²) in [5, 5.41) is 0. The van der Waals surface area contributed by atoms with E-state index in [-0.39, 0.29) is 5.91 Å². The highest BCUT2D eigenvalue weighted by Crippen LogP contribution is 2.31. The first-order valence-electron chi connectivity index (χ1n) is 8.53. The Balaban J connectivity index is 1.91. The van der Waals surface area contributed by atoms with E-state index >= 15 is 0 Å². The summed E-state index contributed by atoms with van der Waals surface area (Å²) < 4.78 is 1.65. The third-order valence-electron chi connectivity index (χ3n) is 4.35. The number of nitrogens with zero attached hydrogens (tertiary/aromatic N) is 2. The molecule has 3 nitrogen and oxygen atoms in total. The number of aromatic nitrogens is 2. The molecule has 0 amide bonds. The van der Waals surface area contributed by atoms with E-state index in [4.69, 9.17) is 0 Å². The van der Waals surface area contributed by atoms with Gasteiger partial charge in [0.2, 0.25) is 0 Å². The highest BCUT2D eigenvalue weighted by Gasteiger charge is 2.20. The number of benzene rings is 3. The zero-order chi connectivity index (χ0) is 17.9. The third kappa shape index (κ3) is 2.95. The molecule has 3 heteroatoms. The molecule has 0 N–H and O–H groups in total. The van der Waals surface area contributed by atoms with Crippen molar-refractivity contribution in [3.05, 3.63) is 102 Å². The molecule has 0 aliphatic rings. The van der Waals surface area contributed by atoms with Crippen LogP contribution in [0.25, 0.3) is 22.5 Å². The third-order valence-corrected chi connectivity index (χ3v) is 4.35. The summed E-state index contributed by atoms with van der Waals surface area (Å²) in [6, 6.07) is 27.5. The standard InChI is InChI=1S/C23H18N2O/c1-17-9-8-14-20(15-17)23(26)25-16-24-21(18-10-4-2-5-11-18)22(25)19-12-6-3-7-13-19/h2-16H,1H3. The molecule has 3 aromatic carbocycles. The van der Waals surface area contributed by atoms with Gasteiger partial charge in [-0.15, -0.1) is 0 Å². The van der Waals surface area contributed by atoms with Crippen LogP contribution in [-0.4, -0.2) is 15.5 Å². The minimum atomic E-state index is -0.0813. The second kappa shape index (κ2) is 6.81. The first-order chi connectivity index (χ1) is 12.7. The van der Waals surface area contributed by atoms with Crippen LogP contribution in [0.5, 0.6) is 0 Å². The van der Waals surface area contributed by atoms with E-state index in [0.717, 1.165) is 28.1 Å². The molecule has 26 heavy (non-hydrogen) atoms. The molecular weight excluding hydrogens is 320 g/mol. The number of hydrogen-bond acceptors (Lipinski definition) is 2. The van der Waals surface area contributed by atoms with Crippen LogP contribution in [0, 0.1) is 6.92 Å². The molecule has 0 aliphatic heterocycles. The van der Waals surface area contributed by atoms with Gasteiger partial charge in [-0.3, -0.25) is 9.36 Å². The summed E-state index contributed by atoms with van der Waals surface area (Å²) in [4.78, 5) is 17.7. The van der Waals surface area contributed by atoms with E-state index < -0.39 is 0 Å². The van der Waals surface area contributed by atoms with Crippen LogP contribution in [-0.2, 0) is 0 Å². The van der Waals surface area contributed by atoms with Gasteiger partial charge >= 0.3 is 0 Å².